The molecule has 1 saturated heterocycles. The summed E-state index contributed by atoms with van der Waals surface area (Å²) in [5.74, 6) is 0. The number of carbonyl (C=O) groups is 1. The monoisotopic (exact) mass is 244 g/mol. The average Bonchev–Trinajstić information content (AvgIpc) is 2.81. The van der Waals surface area contributed by atoms with E-state index in [1.165, 1.54) is 11.3 Å². The number of carbonyl (C=O) groups excluding carboxylic acids is 1. The highest BCUT2D eigenvalue weighted by Crippen LogP contribution is 2.32. The smallest absolute Gasteiger partial charge is 0.146 e. The summed E-state index contributed by atoms with van der Waals surface area (Å²) in [4.78, 5) is 17.8. The molecular formula is C14H16N2O2. The van der Waals surface area contributed by atoms with Crippen molar-refractivity contribution in [2.45, 2.75) is 13.3 Å². The lowest BCUT2D eigenvalue weighted by atomic mass is 10.1. The number of aromatic nitrogens is 1. The van der Waals surface area contributed by atoms with Gasteiger partial charge in [0.25, 0.3) is 0 Å². The molecule has 0 bridgehead atoms. The third-order valence-electron chi connectivity index (χ3n) is 3.47. The normalized spacial score (nSPS) is 18.5. The zero-order valence-electron chi connectivity index (χ0n) is 10.5. The van der Waals surface area contributed by atoms with Gasteiger partial charge in [-0.3, -0.25) is 9.78 Å². The highest BCUT2D eigenvalue weighted by Gasteiger charge is 2.22. The highest BCUT2D eigenvalue weighted by molar-refractivity contribution is 5.87. The fourth-order valence-corrected chi connectivity index (χ4v) is 2.60. The fourth-order valence-electron chi connectivity index (χ4n) is 2.60. The van der Waals surface area contributed by atoms with Gasteiger partial charge in [0.1, 0.15) is 6.29 Å². The van der Waals surface area contributed by atoms with E-state index in [0.29, 0.717) is 6.42 Å². The van der Waals surface area contributed by atoms with Crippen molar-refractivity contribution in [3.63, 3.8) is 0 Å². The minimum atomic E-state index is 0.707. The molecular weight excluding hydrogens is 228 g/mol. The molecule has 0 radical (unpaired) electrons. The first-order valence-electron chi connectivity index (χ1n) is 6.27. The Hall–Kier alpha value is -1.68. The summed E-state index contributed by atoms with van der Waals surface area (Å²) in [6.07, 6.45) is 3.54. The summed E-state index contributed by atoms with van der Waals surface area (Å²) in [5.41, 5.74) is 5.17. The maximum atomic E-state index is 10.9. The van der Waals surface area contributed by atoms with Crippen LogP contribution in [0.5, 0.6) is 0 Å². The standard InChI is InChI=1S/C14H16N2O2/c1-10-6-14(16-2-4-18-5-3-16)12-7-11(9-17)8-13(12)15-10/h6,8-9H,2-5,7H2,1H3. The maximum absolute atomic E-state index is 10.9. The van der Waals surface area contributed by atoms with Crippen molar-refractivity contribution < 1.29 is 9.53 Å². The van der Waals surface area contributed by atoms with Crippen molar-refractivity contribution in [2.75, 3.05) is 31.2 Å². The number of aldehydes is 1. The van der Waals surface area contributed by atoms with Crippen molar-refractivity contribution in [3.8, 4) is 0 Å². The molecule has 4 heteroatoms. The minimum absolute atomic E-state index is 0.707. The quantitative estimate of drug-likeness (QED) is 0.737. The first-order chi connectivity index (χ1) is 8.78. The predicted molar refractivity (Wildman–Crippen MR) is 69.8 cm³/mol. The largest absolute Gasteiger partial charge is 0.378 e. The molecule has 0 unspecified atom stereocenters. The molecule has 0 N–H and O–H groups in total. The number of nitrogens with zero attached hydrogens (tertiary/aromatic N) is 2. The van der Waals surface area contributed by atoms with Gasteiger partial charge in [-0.2, -0.15) is 0 Å². The molecule has 1 aromatic heterocycles. The zero-order chi connectivity index (χ0) is 12.5. The van der Waals surface area contributed by atoms with Crippen LogP contribution in [-0.2, 0) is 16.0 Å². The van der Waals surface area contributed by atoms with E-state index in [1.807, 2.05) is 13.0 Å². The van der Waals surface area contributed by atoms with Crippen molar-refractivity contribution in [1.29, 1.82) is 0 Å². The SMILES string of the molecule is Cc1cc(N2CCOCC2)c2c(n1)C=C(C=O)C2. The Labute approximate surface area is 106 Å². The average molecular weight is 244 g/mol. The number of rotatable bonds is 2. The van der Waals surface area contributed by atoms with Crippen molar-refractivity contribution in [3.05, 3.63) is 28.6 Å². The summed E-state index contributed by atoms with van der Waals surface area (Å²) in [5, 5.41) is 0. The van der Waals surface area contributed by atoms with Gasteiger partial charge in [-0.15, -0.1) is 0 Å². The Morgan fingerprint density at radius 1 is 1.39 bits per heavy atom. The molecule has 0 spiro atoms. The van der Waals surface area contributed by atoms with Gasteiger partial charge < -0.3 is 9.64 Å². The van der Waals surface area contributed by atoms with Gasteiger partial charge in [-0.25, -0.2) is 0 Å². The molecule has 94 valence electrons. The Morgan fingerprint density at radius 2 is 2.17 bits per heavy atom. The molecule has 0 amide bonds. The molecule has 4 nitrogen and oxygen atoms in total. The molecule has 1 aliphatic carbocycles. The van der Waals surface area contributed by atoms with E-state index in [4.69, 9.17) is 4.74 Å². The third kappa shape index (κ3) is 1.93. The topological polar surface area (TPSA) is 42.4 Å². The van der Waals surface area contributed by atoms with Crippen LogP contribution in [0, 0.1) is 6.92 Å². The van der Waals surface area contributed by atoms with Crippen LogP contribution in [0.3, 0.4) is 0 Å². The van der Waals surface area contributed by atoms with Crippen LogP contribution in [0.2, 0.25) is 0 Å². The van der Waals surface area contributed by atoms with Gasteiger partial charge in [0.15, 0.2) is 0 Å². The second-order valence-corrected chi connectivity index (χ2v) is 4.76. The van der Waals surface area contributed by atoms with E-state index in [9.17, 15) is 4.79 Å². The van der Waals surface area contributed by atoms with Gasteiger partial charge in [-0.05, 0) is 24.6 Å². The molecule has 1 aromatic rings. The number of hydrogen-bond donors (Lipinski definition) is 0. The van der Waals surface area contributed by atoms with Crippen LogP contribution in [0.4, 0.5) is 5.69 Å². The predicted octanol–water partition coefficient (Wildman–Crippen LogP) is 1.37. The Morgan fingerprint density at radius 3 is 2.89 bits per heavy atom. The Bertz CT molecular complexity index is 517. The van der Waals surface area contributed by atoms with Crippen LogP contribution in [-0.4, -0.2) is 37.6 Å². The first-order valence-corrected chi connectivity index (χ1v) is 6.27. The van der Waals surface area contributed by atoms with Crippen LogP contribution in [0.1, 0.15) is 17.0 Å². The zero-order valence-corrected chi connectivity index (χ0v) is 10.5. The van der Waals surface area contributed by atoms with Crippen LogP contribution < -0.4 is 4.90 Å². The molecule has 0 saturated carbocycles. The maximum Gasteiger partial charge on any atom is 0.146 e. The van der Waals surface area contributed by atoms with Crippen molar-refractivity contribution in [1.82, 2.24) is 4.98 Å². The molecule has 0 aromatic carbocycles. The second-order valence-electron chi connectivity index (χ2n) is 4.76. The van der Waals surface area contributed by atoms with Gasteiger partial charge in [0.05, 0.1) is 18.9 Å². The van der Waals surface area contributed by atoms with Crippen LogP contribution in [0.25, 0.3) is 6.08 Å². The lowest BCUT2D eigenvalue weighted by Crippen LogP contribution is -2.37. The minimum Gasteiger partial charge on any atom is -0.378 e. The Kier molecular flexibility index (Phi) is 2.88. The second kappa shape index (κ2) is 4.53. The summed E-state index contributed by atoms with van der Waals surface area (Å²) in [7, 11) is 0. The lowest BCUT2D eigenvalue weighted by Gasteiger charge is -2.30. The molecule has 2 heterocycles. The third-order valence-corrected chi connectivity index (χ3v) is 3.47. The number of morpholine rings is 1. The number of aryl methyl sites for hydroxylation is 1. The van der Waals surface area contributed by atoms with Gasteiger partial charge in [0, 0.05) is 36.5 Å². The van der Waals surface area contributed by atoms with E-state index >= 15 is 0 Å². The number of anilines is 1. The van der Waals surface area contributed by atoms with E-state index in [2.05, 4.69) is 16.0 Å². The van der Waals surface area contributed by atoms with E-state index in [0.717, 1.165) is 49.6 Å². The molecule has 1 fully saturated rings. The number of pyridine rings is 1. The molecule has 3 rings (SSSR count). The summed E-state index contributed by atoms with van der Waals surface area (Å²) < 4.78 is 5.39. The van der Waals surface area contributed by atoms with E-state index < -0.39 is 0 Å². The Balaban J connectivity index is 2.00. The number of hydrogen-bond acceptors (Lipinski definition) is 4. The highest BCUT2D eigenvalue weighted by atomic mass is 16.5. The van der Waals surface area contributed by atoms with Gasteiger partial charge in [-0.1, -0.05) is 0 Å². The first kappa shape index (κ1) is 11.4. The van der Waals surface area contributed by atoms with E-state index in [-0.39, 0.29) is 0 Å². The van der Waals surface area contributed by atoms with Crippen LogP contribution >= 0.6 is 0 Å². The number of fused-ring (bicyclic) bond motifs is 1. The van der Waals surface area contributed by atoms with Crippen LogP contribution in [0.15, 0.2) is 11.6 Å². The summed E-state index contributed by atoms with van der Waals surface area (Å²) in [6.45, 7) is 5.35. The van der Waals surface area contributed by atoms with Gasteiger partial charge >= 0.3 is 0 Å². The lowest BCUT2D eigenvalue weighted by molar-refractivity contribution is -0.104. The molecule has 2 aliphatic rings. The van der Waals surface area contributed by atoms with E-state index in [1.54, 1.807) is 0 Å². The van der Waals surface area contributed by atoms with Crippen molar-refractivity contribution in [2.24, 2.45) is 0 Å². The van der Waals surface area contributed by atoms with Crippen molar-refractivity contribution >= 4 is 18.0 Å². The molecule has 0 atom stereocenters. The summed E-state index contributed by atoms with van der Waals surface area (Å²) in [6, 6.07) is 2.12. The number of ether oxygens (including phenoxy) is 1. The fraction of sp³-hybridized carbons (Fsp3) is 0.429. The van der Waals surface area contributed by atoms with Gasteiger partial charge in [0.2, 0.25) is 0 Å². The molecule has 1 aliphatic heterocycles. The molecule has 18 heavy (non-hydrogen) atoms. The number of allylic oxidation sites excluding steroid dienone is 1. The summed E-state index contributed by atoms with van der Waals surface area (Å²) >= 11 is 0.